The third kappa shape index (κ3) is 5.70. The zero-order chi connectivity index (χ0) is 19.1. The van der Waals surface area contributed by atoms with E-state index in [1.54, 1.807) is 6.33 Å². The van der Waals surface area contributed by atoms with Gasteiger partial charge >= 0.3 is 0 Å². The van der Waals surface area contributed by atoms with E-state index in [-0.39, 0.29) is 5.91 Å². The van der Waals surface area contributed by atoms with E-state index in [2.05, 4.69) is 32.4 Å². The number of amides is 1. The number of hydrogen-bond donors (Lipinski definition) is 2. The summed E-state index contributed by atoms with van der Waals surface area (Å²) in [5.41, 5.74) is 0. The van der Waals surface area contributed by atoms with Gasteiger partial charge in [-0.05, 0) is 51.2 Å². The number of piperidine rings is 1. The average Bonchev–Trinajstić information content (AvgIpc) is 3.11. The molecule has 2 N–H and O–H groups in total. The van der Waals surface area contributed by atoms with E-state index in [1.807, 2.05) is 25.1 Å². The van der Waals surface area contributed by atoms with Gasteiger partial charge in [-0.25, -0.2) is 9.97 Å². The molecular weight excluding hydrogens is 342 g/mol. The van der Waals surface area contributed by atoms with Gasteiger partial charge in [0, 0.05) is 32.1 Å². The molecule has 0 unspecified atom stereocenters. The van der Waals surface area contributed by atoms with Crippen molar-refractivity contribution in [3.05, 3.63) is 36.0 Å². The van der Waals surface area contributed by atoms with Crippen LogP contribution in [0.15, 0.2) is 28.9 Å². The lowest BCUT2D eigenvalue weighted by atomic mass is 9.92. The van der Waals surface area contributed by atoms with Gasteiger partial charge in [-0.15, -0.1) is 0 Å². The molecule has 1 fully saturated rings. The van der Waals surface area contributed by atoms with Gasteiger partial charge in [0.1, 0.15) is 29.5 Å². The average molecular weight is 371 g/mol. The van der Waals surface area contributed by atoms with Gasteiger partial charge < -0.3 is 20.0 Å². The van der Waals surface area contributed by atoms with Crippen molar-refractivity contribution in [3.63, 3.8) is 0 Å². The first-order valence-corrected chi connectivity index (χ1v) is 9.77. The molecule has 7 heteroatoms. The van der Waals surface area contributed by atoms with Gasteiger partial charge in [0.25, 0.3) is 0 Å². The Morgan fingerprint density at radius 3 is 2.81 bits per heavy atom. The Morgan fingerprint density at radius 1 is 1.30 bits per heavy atom. The maximum atomic E-state index is 12.1. The lowest BCUT2D eigenvalue weighted by molar-refractivity contribution is -0.121. The number of rotatable bonds is 8. The molecule has 0 atom stereocenters. The minimum Gasteiger partial charge on any atom is -0.465 e. The van der Waals surface area contributed by atoms with Crippen molar-refractivity contribution in [1.82, 2.24) is 15.3 Å². The molecule has 27 heavy (non-hydrogen) atoms. The maximum absolute atomic E-state index is 12.1. The van der Waals surface area contributed by atoms with Crippen LogP contribution in [0.1, 0.15) is 44.1 Å². The van der Waals surface area contributed by atoms with Crippen LogP contribution in [0.25, 0.3) is 0 Å². The Bertz CT molecular complexity index is 737. The fourth-order valence-corrected chi connectivity index (χ4v) is 3.44. The van der Waals surface area contributed by atoms with Crippen molar-refractivity contribution in [2.24, 2.45) is 5.92 Å². The Morgan fingerprint density at radius 2 is 2.11 bits per heavy atom. The Labute approximate surface area is 160 Å². The molecule has 1 saturated heterocycles. The molecule has 3 heterocycles. The topological polar surface area (TPSA) is 83.3 Å². The molecule has 3 rings (SSSR count). The van der Waals surface area contributed by atoms with Crippen molar-refractivity contribution in [2.75, 3.05) is 29.9 Å². The van der Waals surface area contributed by atoms with Gasteiger partial charge in [0.05, 0.1) is 6.54 Å². The fraction of sp³-hybridized carbons (Fsp3) is 0.550. The molecular formula is C20H29N5O2. The molecule has 0 saturated carbocycles. The monoisotopic (exact) mass is 371 g/mol. The summed E-state index contributed by atoms with van der Waals surface area (Å²) in [6, 6.07) is 5.82. The molecule has 1 amide bonds. The highest BCUT2D eigenvalue weighted by Gasteiger charge is 2.21. The van der Waals surface area contributed by atoms with Crippen LogP contribution in [-0.2, 0) is 11.3 Å². The quantitative estimate of drug-likeness (QED) is 0.742. The van der Waals surface area contributed by atoms with Gasteiger partial charge in [0.2, 0.25) is 5.91 Å². The van der Waals surface area contributed by atoms with E-state index in [0.717, 1.165) is 62.1 Å². The van der Waals surface area contributed by atoms with Crippen LogP contribution in [0.5, 0.6) is 0 Å². The van der Waals surface area contributed by atoms with Crippen LogP contribution >= 0.6 is 0 Å². The number of hydrogen-bond acceptors (Lipinski definition) is 6. The molecule has 7 nitrogen and oxygen atoms in total. The predicted octanol–water partition coefficient (Wildman–Crippen LogP) is 3.12. The van der Waals surface area contributed by atoms with E-state index in [0.29, 0.717) is 18.9 Å². The smallest absolute Gasteiger partial charge is 0.220 e. The minimum absolute atomic E-state index is 0.0950. The van der Waals surface area contributed by atoms with Gasteiger partial charge in [-0.1, -0.05) is 0 Å². The highest BCUT2D eigenvalue weighted by atomic mass is 16.3. The largest absolute Gasteiger partial charge is 0.465 e. The molecule has 0 aliphatic carbocycles. The zero-order valence-electron chi connectivity index (χ0n) is 16.2. The normalized spacial score (nSPS) is 15.0. The van der Waals surface area contributed by atoms with Crippen LogP contribution < -0.4 is 15.5 Å². The number of aryl methyl sites for hydroxylation is 1. The summed E-state index contributed by atoms with van der Waals surface area (Å²) in [6.45, 7) is 7.22. The van der Waals surface area contributed by atoms with E-state index in [1.165, 1.54) is 0 Å². The molecule has 2 aromatic rings. The highest BCUT2D eigenvalue weighted by Crippen LogP contribution is 2.25. The predicted molar refractivity (Wildman–Crippen MR) is 106 cm³/mol. The zero-order valence-corrected chi connectivity index (χ0v) is 16.2. The molecule has 1 aliphatic rings. The standard InChI is InChI=1S/C20H29N5O2/c1-3-21-18-12-19(24-14-23-18)25-10-8-16(9-11-25)5-7-20(26)22-13-17-6-4-15(2)27-17/h4,6,12,14,16H,3,5,7-11,13H2,1-2H3,(H,22,26)(H,21,23,24). The van der Waals surface area contributed by atoms with E-state index >= 15 is 0 Å². The van der Waals surface area contributed by atoms with Crippen molar-refractivity contribution < 1.29 is 9.21 Å². The Balaban J connectivity index is 1.38. The number of furan rings is 1. The van der Waals surface area contributed by atoms with Gasteiger partial charge in [0.15, 0.2) is 0 Å². The molecule has 2 aromatic heterocycles. The summed E-state index contributed by atoms with van der Waals surface area (Å²) < 4.78 is 5.47. The number of aromatic nitrogens is 2. The second-order valence-electron chi connectivity index (χ2n) is 7.05. The second-order valence-corrected chi connectivity index (χ2v) is 7.05. The number of nitrogens with one attached hydrogen (secondary N) is 2. The molecule has 146 valence electrons. The number of anilines is 2. The molecule has 0 bridgehead atoms. The summed E-state index contributed by atoms with van der Waals surface area (Å²) in [5.74, 6) is 4.20. The number of nitrogens with zero attached hydrogens (tertiary/aromatic N) is 3. The molecule has 0 spiro atoms. The van der Waals surface area contributed by atoms with Crippen LogP contribution in [0.2, 0.25) is 0 Å². The summed E-state index contributed by atoms with van der Waals surface area (Å²) in [4.78, 5) is 23.0. The molecule has 0 aromatic carbocycles. The minimum atomic E-state index is 0.0950. The number of carbonyl (C=O) groups excluding carboxylic acids is 1. The molecule has 0 radical (unpaired) electrons. The first-order chi connectivity index (χ1) is 13.1. The Hall–Kier alpha value is -2.57. The van der Waals surface area contributed by atoms with Crippen LogP contribution in [0.3, 0.4) is 0 Å². The van der Waals surface area contributed by atoms with E-state index in [9.17, 15) is 4.79 Å². The maximum Gasteiger partial charge on any atom is 0.220 e. The first kappa shape index (κ1) is 19.2. The summed E-state index contributed by atoms with van der Waals surface area (Å²) in [5, 5.41) is 6.16. The van der Waals surface area contributed by atoms with Crippen LogP contribution in [-0.4, -0.2) is 35.5 Å². The van der Waals surface area contributed by atoms with Crippen molar-refractivity contribution in [2.45, 2.75) is 46.1 Å². The van der Waals surface area contributed by atoms with Crippen LogP contribution in [0.4, 0.5) is 11.6 Å². The van der Waals surface area contributed by atoms with Crippen LogP contribution in [0, 0.1) is 12.8 Å². The number of carbonyl (C=O) groups is 1. The fourth-order valence-electron chi connectivity index (χ4n) is 3.44. The summed E-state index contributed by atoms with van der Waals surface area (Å²) in [6.07, 6.45) is 5.30. The third-order valence-electron chi connectivity index (χ3n) is 4.98. The summed E-state index contributed by atoms with van der Waals surface area (Å²) >= 11 is 0. The SMILES string of the molecule is CCNc1cc(N2CCC(CCC(=O)NCc3ccc(C)o3)CC2)ncn1. The van der Waals surface area contributed by atoms with E-state index < -0.39 is 0 Å². The van der Waals surface area contributed by atoms with Crippen molar-refractivity contribution in [1.29, 1.82) is 0 Å². The van der Waals surface area contributed by atoms with Gasteiger partial charge in [-0.2, -0.15) is 0 Å². The third-order valence-corrected chi connectivity index (χ3v) is 4.98. The van der Waals surface area contributed by atoms with Crippen molar-refractivity contribution >= 4 is 17.5 Å². The van der Waals surface area contributed by atoms with E-state index in [4.69, 9.17) is 4.42 Å². The first-order valence-electron chi connectivity index (χ1n) is 9.77. The van der Waals surface area contributed by atoms with Gasteiger partial charge in [-0.3, -0.25) is 4.79 Å². The highest BCUT2D eigenvalue weighted by molar-refractivity contribution is 5.75. The van der Waals surface area contributed by atoms with Crippen molar-refractivity contribution in [3.8, 4) is 0 Å². The lowest BCUT2D eigenvalue weighted by Gasteiger charge is -2.32. The molecule has 1 aliphatic heterocycles. The second kappa shape index (κ2) is 9.39. The summed E-state index contributed by atoms with van der Waals surface area (Å²) in [7, 11) is 0. The lowest BCUT2D eigenvalue weighted by Crippen LogP contribution is -2.34. The Kier molecular flexibility index (Phi) is 6.68.